The molecule has 1 aromatic heterocycles. The van der Waals surface area contributed by atoms with Crippen molar-refractivity contribution in [3.8, 4) is 11.4 Å². The molecule has 25 heavy (non-hydrogen) atoms. The largest absolute Gasteiger partial charge is 0.299 e. The van der Waals surface area contributed by atoms with Crippen LogP contribution in [0.1, 0.15) is 36.6 Å². The molecule has 0 bridgehead atoms. The number of thioether (sulfide) groups is 1. The minimum Gasteiger partial charge on any atom is -0.299 e. The number of rotatable bonds is 5. The van der Waals surface area contributed by atoms with Crippen LogP contribution >= 0.6 is 11.8 Å². The van der Waals surface area contributed by atoms with Crippen LogP contribution in [-0.4, -0.2) is 14.8 Å². The molecule has 1 aliphatic carbocycles. The van der Waals surface area contributed by atoms with E-state index in [1.807, 2.05) is 11.5 Å². The zero-order valence-corrected chi connectivity index (χ0v) is 14.5. The number of aromatic nitrogens is 3. The number of hydrogen-bond donors (Lipinski definition) is 0. The highest BCUT2D eigenvalue weighted by molar-refractivity contribution is 7.99. The van der Waals surface area contributed by atoms with E-state index in [1.54, 1.807) is 42.1 Å². The minimum absolute atomic E-state index is 0.0933. The third kappa shape index (κ3) is 3.31. The predicted octanol–water partition coefficient (Wildman–Crippen LogP) is 5.41. The highest BCUT2D eigenvalue weighted by Crippen LogP contribution is 2.44. The molecular weight excluding hydrogens is 340 g/mol. The number of halogens is 2. The Morgan fingerprint density at radius 1 is 1.04 bits per heavy atom. The summed E-state index contributed by atoms with van der Waals surface area (Å²) in [7, 11) is 0. The first kappa shape index (κ1) is 16.3. The lowest BCUT2D eigenvalue weighted by Crippen LogP contribution is -2.02. The summed E-state index contributed by atoms with van der Waals surface area (Å²) in [5.74, 6) is 0.0401. The van der Waals surface area contributed by atoms with Gasteiger partial charge in [0.25, 0.3) is 0 Å². The number of nitrogens with zero attached hydrogens (tertiary/aromatic N) is 3. The second-order valence-electron chi connectivity index (χ2n) is 6.20. The fraction of sp³-hybridized carbons (Fsp3) is 0.263. The molecule has 4 rings (SSSR count). The van der Waals surface area contributed by atoms with Crippen LogP contribution in [0.3, 0.4) is 0 Å². The van der Waals surface area contributed by atoms with Crippen molar-refractivity contribution < 1.29 is 8.78 Å². The quantitative estimate of drug-likeness (QED) is 0.572. The molecule has 1 aliphatic rings. The first-order valence-corrected chi connectivity index (χ1v) is 9.13. The van der Waals surface area contributed by atoms with Crippen molar-refractivity contribution in [2.24, 2.45) is 0 Å². The van der Waals surface area contributed by atoms with E-state index in [4.69, 9.17) is 0 Å². The third-order valence-corrected chi connectivity index (χ3v) is 5.43. The summed E-state index contributed by atoms with van der Waals surface area (Å²) in [5.41, 5.74) is 1.49. The van der Waals surface area contributed by atoms with Crippen LogP contribution in [0.2, 0.25) is 0 Å². The Balaban J connectivity index is 1.67. The van der Waals surface area contributed by atoms with E-state index in [1.165, 1.54) is 18.2 Å². The average Bonchev–Trinajstić information content (AvgIpc) is 3.37. The molecule has 128 valence electrons. The number of benzene rings is 2. The Bertz CT molecular complexity index is 888. The molecule has 0 amide bonds. The van der Waals surface area contributed by atoms with E-state index in [9.17, 15) is 8.78 Å². The van der Waals surface area contributed by atoms with Crippen molar-refractivity contribution in [2.75, 3.05) is 0 Å². The Morgan fingerprint density at radius 3 is 2.44 bits per heavy atom. The maximum Gasteiger partial charge on any atom is 0.192 e. The molecule has 1 fully saturated rings. The molecule has 1 heterocycles. The molecular formula is C19H17F2N3S. The Hall–Kier alpha value is -2.21. The van der Waals surface area contributed by atoms with Gasteiger partial charge in [0.15, 0.2) is 11.0 Å². The van der Waals surface area contributed by atoms with Gasteiger partial charge in [0.2, 0.25) is 0 Å². The second-order valence-corrected chi connectivity index (χ2v) is 7.51. The summed E-state index contributed by atoms with van der Waals surface area (Å²) >= 11 is 1.56. The highest BCUT2D eigenvalue weighted by Gasteiger charge is 2.31. The fourth-order valence-electron chi connectivity index (χ4n) is 2.81. The normalized spacial score (nSPS) is 15.3. The van der Waals surface area contributed by atoms with Crippen LogP contribution in [0, 0.1) is 11.6 Å². The average molecular weight is 357 g/mol. The van der Waals surface area contributed by atoms with Gasteiger partial charge < -0.3 is 0 Å². The molecule has 0 spiro atoms. The van der Waals surface area contributed by atoms with Gasteiger partial charge in [-0.1, -0.05) is 36.0 Å². The van der Waals surface area contributed by atoms with Crippen LogP contribution in [-0.2, 0) is 0 Å². The van der Waals surface area contributed by atoms with Gasteiger partial charge in [-0.2, -0.15) is 0 Å². The summed E-state index contributed by atoms with van der Waals surface area (Å²) in [4.78, 5) is 0. The Labute approximate surface area is 149 Å². The molecule has 3 aromatic rings. The molecule has 2 aromatic carbocycles. The van der Waals surface area contributed by atoms with Gasteiger partial charge in [-0.05, 0) is 49.6 Å². The predicted molar refractivity (Wildman–Crippen MR) is 94.4 cm³/mol. The maximum atomic E-state index is 14.2. The van der Waals surface area contributed by atoms with Gasteiger partial charge in [0.1, 0.15) is 11.6 Å². The molecule has 0 radical (unpaired) electrons. The van der Waals surface area contributed by atoms with Crippen molar-refractivity contribution in [2.45, 2.75) is 36.2 Å². The zero-order chi connectivity index (χ0) is 17.4. The summed E-state index contributed by atoms with van der Waals surface area (Å²) in [6.45, 7) is 2.05. The van der Waals surface area contributed by atoms with E-state index in [0.717, 1.165) is 23.6 Å². The van der Waals surface area contributed by atoms with Gasteiger partial charge in [-0.25, -0.2) is 8.78 Å². The van der Waals surface area contributed by atoms with E-state index < -0.39 is 0 Å². The van der Waals surface area contributed by atoms with Gasteiger partial charge >= 0.3 is 0 Å². The topological polar surface area (TPSA) is 30.7 Å². The molecule has 1 unspecified atom stereocenters. The van der Waals surface area contributed by atoms with Gasteiger partial charge in [0.05, 0.1) is 5.56 Å². The molecule has 3 nitrogen and oxygen atoms in total. The molecule has 6 heteroatoms. The van der Waals surface area contributed by atoms with E-state index >= 15 is 0 Å². The molecule has 0 saturated heterocycles. The van der Waals surface area contributed by atoms with E-state index in [2.05, 4.69) is 10.2 Å². The Kier molecular flexibility index (Phi) is 4.29. The molecule has 0 N–H and O–H groups in total. The summed E-state index contributed by atoms with van der Waals surface area (Å²) < 4.78 is 29.4. The lowest BCUT2D eigenvalue weighted by atomic mass is 10.2. The van der Waals surface area contributed by atoms with Crippen molar-refractivity contribution in [1.82, 2.24) is 14.8 Å². The monoisotopic (exact) mass is 357 g/mol. The van der Waals surface area contributed by atoms with Gasteiger partial charge in [-0.15, -0.1) is 10.2 Å². The molecule has 1 atom stereocenters. The number of hydrogen-bond acceptors (Lipinski definition) is 3. The second kappa shape index (κ2) is 6.59. The van der Waals surface area contributed by atoms with Gasteiger partial charge in [-0.3, -0.25) is 4.57 Å². The summed E-state index contributed by atoms with van der Waals surface area (Å²) in [6.07, 6.45) is 2.11. The Morgan fingerprint density at radius 2 is 1.76 bits per heavy atom. The standard InChI is InChI=1S/C19H17F2N3S/c1-12(13-6-8-14(20)9-7-13)25-19-23-22-18(24(19)15-10-11-15)16-4-2-3-5-17(16)21/h2-9,12,15H,10-11H2,1H3. The first-order chi connectivity index (χ1) is 12.1. The fourth-order valence-corrected chi connectivity index (χ4v) is 3.85. The van der Waals surface area contributed by atoms with Crippen molar-refractivity contribution >= 4 is 11.8 Å². The SMILES string of the molecule is CC(Sc1nnc(-c2ccccc2F)n1C1CC1)c1ccc(F)cc1. The first-order valence-electron chi connectivity index (χ1n) is 8.25. The highest BCUT2D eigenvalue weighted by atomic mass is 32.2. The maximum absolute atomic E-state index is 14.2. The third-order valence-electron chi connectivity index (χ3n) is 4.31. The minimum atomic E-state index is -0.292. The van der Waals surface area contributed by atoms with Crippen molar-refractivity contribution in [3.05, 3.63) is 65.7 Å². The van der Waals surface area contributed by atoms with Gasteiger partial charge in [0, 0.05) is 11.3 Å². The summed E-state index contributed by atoms with van der Waals surface area (Å²) in [6, 6.07) is 13.5. The van der Waals surface area contributed by atoms with Crippen LogP contribution in [0.5, 0.6) is 0 Å². The van der Waals surface area contributed by atoms with Crippen LogP contribution in [0.15, 0.2) is 53.7 Å². The smallest absolute Gasteiger partial charge is 0.192 e. The summed E-state index contributed by atoms with van der Waals surface area (Å²) in [5, 5.41) is 9.44. The van der Waals surface area contributed by atoms with Crippen LogP contribution in [0.25, 0.3) is 11.4 Å². The zero-order valence-electron chi connectivity index (χ0n) is 13.7. The van der Waals surface area contributed by atoms with E-state index in [-0.39, 0.29) is 16.9 Å². The van der Waals surface area contributed by atoms with Crippen LogP contribution in [0.4, 0.5) is 8.78 Å². The van der Waals surface area contributed by atoms with Crippen molar-refractivity contribution in [1.29, 1.82) is 0 Å². The van der Waals surface area contributed by atoms with Crippen molar-refractivity contribution in [3.63, 3.8) is 0 Å². The lowest BCUT2D eigenvalue weighted by Gasteiger charge is -2.13. The van der Waals surface area contributed by atoms with Crippen LogP contribution < -0.4 is 0 Å². The lowest BCUT2D eigenvalue weighted by molar-refractivity contribution is 0.622. The van der Waals surface area contributed by atoms with E-state index in [0.29, 0.717) is 17.4 Å². The molecule has 1 saturated carbocycles. The molecule has 0 aliphatic heterocycles.